The van der Waals surface area contributed by atoms with Crippen LogP contribution in [0.3, 0.4) is 0 Å². The maximum atomic E-state index is 4.67. The average molecular weight is 341 g/mol. The normalized spacial score (nSPS) is 18.5. The van der Waals surface area contributed by atoms with Gasteiger partial charge in [0.1, 0.15) is 5.69 Å². The van der Waals surface area contributed by atoms with Crippen LogP contribution in [0.4, 0.5) is 0 Å². The molecule has 1 unspecified atom stereocenters. The van der Waals surface area contributed by atoms with Crippen LogP contribution >= 0.6 is 11.3 Å². The minimum absolute atomic E-state index is 0.732. The van der Waals surface area contributed by atoms with Crippen molar-refractivity contribution in [2.75, 3.05) is 13.1 Å². The van der Waals surface area contributed by atoms with E-state index in [4.69, 9.17) is 0 Å². The van der Waals surface area contributed by atoms with Gasteiger partial charge in [0.05, 0.1) is 11.1 Å². The van der Waals surface area contributed by atoms with Crippen LogP contribution in [0.25, 0.3) is 10.6 Å². The predicted octanol–water partition coefficient (Wildman–Crippen LogP) is 2.95. The highest BCUT2D eigenvalue weighted by molar-refractivity contribution is 7.13. The molecule has 3 aromatic heterocycles. The van der Waals surface area contributed by atoms with Gasteiger partial charge in [-0.15, -0.1) is 11.3 Å². The summed E-state index contributed by atoms with van der Waals surface area (Å²) in [6.07, 6.45) is 8.71. The highest BCUT2D eigenvalue weighted by Gasteiger charge is 2.24. The van der Waals surface area contributed by atoms with Gasteiger partial charge in [0, 0.05) is 45.1 Å². The number of rotatable bonds is 5. The fraction of sp³-hybridized carbons (Fsp3) is 0.444. The molecule has 0 bridgehead atoms. The number of hydrogen-bond acceptors (Lipinski definition) is 4. The molecule has 0 spiro atoms. The summed E-state index contributed by atoms with van der Waals surface area (Å²) < 4.78 is 3.83. The Bertz CT molecular complexity index is 801. The molecule has 0 aromatic carbocycles. The third-order valence-electron chi connectivity index (χ3n) is 4.71. The first-order valence-corrected chi connectivity index (χ1v) is 9.31. The van der Waals surface area contributed by atoms with E-state index in [0.717, 1.165) is 31.1 Å². The fourth-order valence-corrected chi connectivity index (χ4v) is 4.39. The second-order valence-electron chi connectivity index (χ2n) is 6.77. The molecular weight excluding hydrogens is 318 g/mol. The van der Waals surface area contributed by atoms with Crippen molar-refractivity contribution in [1.82, 2.24) is 24.5 Å². The molecule has 5 nitrogen and oxygen atoms in total. The predicted molar refractivity (Wildman–Crippen MR) is 96.8 cm³/mol. The maximum Gasteiger partial charge on any atom is 0.107 e. The van der Waals surface area contributed by atoms with Gasteiger partial charge in [-0.3, -0.25) is 14.3 Å². The zero-order valence-electron chi connectivity index (χ0n) is 14.2. The van der Waals surface area contributed by atoms with Gasteiger partial charge in [0.2, 0.25) is 0 Å². The van der Waals surface area contributed by atoms with Crippen molar-refractivity contribution in [2.45, 2.75) is 19.4 Å². The van der Waals surface area contributed by atoms with Gasteiger partial charge in [-0.05, 0) is 42.3 Å². The minimum atomic E-state index is 0.732. The number of aryl methyl sites for hydroxylation is 2. The molecule has 1 saturated heterocycles. The summed E-state index contributed by atoms with van der Waals surface area (Å²) in [4.78, 5) is 3.83. The topological polar surface area (TPSA) is 38.9 Å². The minimum Gasteiger partial charge on any atom is -0.299 e. The van der Waals surface area contributed by atoms with Crippen LogP contribution in [-0.4, -0.2) is 37.6 Å². The van der Waals surface area contributed by atoms with E-state index in [1.54, 1.807) is 11.3 Å². The van der Waals surface area contributed by atoms with Crippen molar-refractivity contribution < 1.29 is 0 Å². The Hall–Kier alpha value is -1.92. The lowest BCUT2D eigenvalue weighted by Crippen LogP contribution is -2.20. The molecule has 4 rings (SSSR count). The standard InChI is InChI=1S/C18H23N5S/c1-21-10-15(9-19-21)8-14-5-6-23(11-14)13-16-12-22(2)20-18(16)17-4-3-7-24-17/h3-4,7,9-10,12,14H,5-6,8,11,13H2,1-2H3. The summed E-state index contributed by atoms with van der Waals surface area (Å²) in [5.41, 5.74) is 3.83. The molecule has 0 radical (unpaired) electrons. The third kappa shape index (κ3) is 3.30. The number of aromatic nitrogens is 4. The summed E-state index contributed by atoms with van der Waals surface area (Å²) in [5.74, 6) is 0.732. The van der Waals surface area contributed by atoms with Crippen molar-refractivity contribution in [2.24, 2.45) is 20.0 Å². The quantitative estimate of drug-likeness (QED) is 0.716. The molecule has 1 aliphatic heterocycles. The third-order valence-corrected chi connectivity index (χ3v) is 5.58. The van der Waals surface area contributed by atoms with Crippen molar-refractivity contribution in [1.29, 1.82) is 0 Å². The Morgan fingerprint density at radius 3 is 2.92 bits per heavy atom. The van der Waals surface area contributed by atoms with E-state index in [-0.39, 0.29) is 0 Å². The molecule has 1 fully saturated rings. The van der Waals surface area contributed by atoms with Crippen LogP contribution in [0.1, 0.15) is 17.5 Å². The lowest BCUT2D eigenvalue weighted by molar-refractivity contribution is 0.316. The van der Waals surface area contributed by atoms with Gasteiger partial charge >= 0.3 is 0 Å². The van der Waals surface area contributed by atoms with Gasteiger partial charge in [-0.2, -0.15) is 10.2 Å². The second-order valence-corrected chi connectivity index (χ2v) is 7.72. The number of thiophene rings is 1. The average Bonchev–Trinajstić information content (AvgIpc) is 3.29. The molecule has 3 aromatic rings. The van der Waals surface area contributed by atoms with Crippen molar-refractivity contribution in [3.8, 4) is 10.6 Å². The molecule has 0 amide bonds. The van der Waals surface area contributed by atoms with Crippen LogP contribution in [0.15, 0.2) is 36.1 Å². The number of hydrogen-bond donors (Lipinski definition) is 0. The first-order valence-electron chi connectivity index (χ1n) is 8.43. The van der Waals surface area contributed by atoms with Crippen LogP contribution < -0.4 is 0 Å². The Kier molecular flexibility index (Phi) is 4.24. The van der Waals surface area contributed by atoms with Crippen LogP contribution in [0.2, 0.25) is 0 Å². The van der Waals surface area contributed by atoms with Gasteiger partial charge in [0.25, 0.3) is 0 Å². The lowest BCUT2D eigenvalue weighted by atomic mass is 10.0. The van der Waals surface area contributed by atoms with Gasteiger partial charge in [-0.1, -0.05) is 6.07 Å². The molecule has 0 saturated carbocycles. The van der Waals surface area contributed by atoms with Crippen LogP contribution in [-0.2, 0) is 27.1 Å². The summed E-state index contributed by atoms with van der Waals surface area (Å²) in [6, 6.07) is 4.25. The Morgan fingerprint density at radius 2 is 2.17 bits per heavy atom. The Labute approximate surface area is 146 Å². The molecule has 6 heteroatoms. The monoisotopic (exact) mass is 341 g/mol. The van der Waals surface area contributed by atoms with Gasteiger partial charge in [-0.25, -0.2) is 0 Å². The second kappa shape index (κ2) is 6.53. The summed E-state index contributed by atoms with van der Waals surface area (Å²) in [5, 5.41) is 11.1. The van der Waals surface area contributed by atoms with E-state index in [1.807, 2.05) is 29.7 Å². The maximum absolute atomic E-state index is 4.67. The van der Waals surface area contributed by atoms with E-state index >= 15 is 0 Å². The first kappa shape index (κ1) is 15.6. The Balaban J connectivity index is 1.42. The molecule has 1 atom stereocenters. The highest BCUT2D eigenvalue weighted by atomic mass is 32.1. The molecule has 4 heterocycles. The van der Waals surface area contributed by atoms with Crippen molar-refractivity contribution in [3.05, 3.63) is 47.2 Å². The van der Waals surface area contributed by atoms with Crippen molar-refractivity contribution >= 4 is 11.3 Å². The summed E-state index contributed by atoms with van der Waals surface area (Å²) in [6.45, 7) is 3.32. The van der Waals surface area contributed by atoms with Crippen LogP contribution in [0.5, 0.6) is 0 Å². The number of nitrogens with zero attached hydrogens (tertiary/aromatic N) is 5. The van der Waals surface area contributed by atoms with Gasteiger partial charge in [0.15, 0.2) is 0 Å². The van der Waals surface area contributed by atoms with Crippen LogP contribution in [0, 0.1) is 5.92 Å². The zero-order chi connectivity index (χ0) is 16.5. The molecule has 24 heavy (non-hydrogen) atoms. The van der Waals surface area contributed by atoms with Crippen molar-refractivity contribution in [3.63, 3.8) is 0 Å². The molecule has 126 valence electrons. The SMILES string of the molecule is Cn1cc(CC2CCN(Cc3cn(C)nc3-c3cccs3)C2)cn1. The Morgan fingerprint density at radius 1 is 1.25 bits per heavy atom. The van der Waals surface area contributed by atoms with E-state index < -0.39 is 0 Å². The summed E-state index contributed by atoms with van der Waals surface area (Å²) >= 11 is 1.76. The zero-order valence-corrected chi connectivity index (χ0v) is 15.0. The fourth-order valence-electron chi connectivity index (χ4n) is 3.65. The van der Waals surface area contributed by atoms with E-state index in [1.165, 1.54) is 29.0 Å². The molecular formula is C18H23N5S. The smallest absolute Gasteiger partial charge is 0.107 e. The van der Waals surface area contributed by atoms with E-state index in [9.17, 15) is 0 Å². The molecule has 0 aliphatic carbocycles. The van der Waals surface area contributed by atoms with E-state index in [2.05, 4.69) is 45.0 Å². The molecule has 1 aliphatic rings. The highest BCUT2D eigenvalue weighted by Crippen LogP contribution is 2.29. The molecule has 0 N–H and O–H groups in total. The van der Waals surface area contributed by atoms with Gasteiger partial charge < -0.3 is 0 Å². The summed E-state index contributed by atoms with van der Waals surface area (Å²) in [7, 11) is 3.99. The first-order chi connectivity index (χ1) is 11.7. The number of likely N-dealkylation sites (tertiary alicyclic amines) is 1. The largest absolute Gasteiger partial charge is 0.299 e. The van der Waals surface area contributed by atoms with E-state index in [0.29, 0.717) is 0 Å². The lowest BCUT2D eigenvalue weighted by Gasteiger charge is -2.15.